The van der Waals surface area contributed by atoms with Crippen LogP contribution in [0.3, 0.4) is 0 Å². The molecule has 2 heterocycles. The van der Waals surface area contributed by atoms with Crippen molar-refractivity contribution in [1.82, 2.24) is 0 Å². The van der Waals surface area contributed by atoms with Gasteiger partial charge in [-0.25, -0.2) is 0 Å². The average molecular weight is 635 g/mol. The number of benzene rings is 2. The Bertz CT molecular complexity index is 1150. The van der Waals surface area contributed by atoms with Crippen molar-refractivity contribution in [3.63, 3.8) is 0 Å². The van der Waals surface area contributed by atoms with Gasteiger partial charge < -0.3 is 33.5 Å². The lowest BCUT2D eigenvalue weighted by atomic mass is 9.78. The van der Waals surface area contributed by atoms with Gasteiger partial charge in [0.2, 0.25) is 5.79 Å². The van der Waals surface area contributed by atoms with Crippen molar-refractivity contribution >= 4 is 0 Å². The van der Waals surface area contributed by atoms with Crippen LogP contribution in [0.2, 0.25) is 0 Å². The fourth-order valence-electron chi connectivity index (χ4n) is 6.00. The highest BCUT2D eigenvalue weighted by Gasteiger charge is 2.75. The van der Waals surface area contributed by atoms with Crippen molar-refractivity contribution in [2.75, 3.05) is 33.0 Å². The smallest absolute Gasteiger partial charge is 0.329 e. The summed E-state index contributed by atoms with van der Waals surface area (Å²) in [5, 5.41) is 12.4. The van der Waals surface area contributed by atoms with E-state index in [1.807, 2.05) is 13.8 Å². The summed E-state index contributed by atoms with van der Waals surface area (Å²) in [6.07, 6.45) is 2.21. The van der Waals surface area contributed by atoms with Crippen LogP contribution in [-0.4, -0.2) is 68.3 Å². The first-order valence-corrected chi connectivity index (χ1v) is 16.9. The molecule has 4 rings (SSSR count). The zero-order valence-corrected chi connectivity index (χ0v) is 27.4. The SMILES string of the molecule is CCCCOC[C@H]1O[C@]2(O[C@](O)(c3ccccc3)c3ccccc3C2(F)F)[C@H](OCCCC)[C@@H](OCCCC)[C@@H]1OCCCC. The van der Waals surface area contributed by atoms with E-state index in [1.165, 1.54) is 18.2 Å². The van der Waals surface area contributed by atoms with E-state index in [1.54, 1.807) is 36.4 Å². The number of rotatable bonds is 18. The molecule has 2 aromatic rings. The molecule has 7 nitrogen and oxygen atoms in total. The molecule has 0 aliphatic carbocycles. The quantitative estimate of drug-likeness (QED) is 0.171. The van der Waals surface area contributed by atoms with Gasteiger partial charge >= 0.3 is 5.92 Å². The molecule has 0 aromatic heterocycles. The molecule has 0 amide bonds. The molecule has 0 saturated carbocycles. The summed E-state index contributed by atoms with van der Waals surface area (Å²) in [6.45, 7) is 9.46. The largest absolute Gasteiger partial charge is 0.379 e. The van der Waals surface area contributed by atoms with E-state index in [9.17, 15) is 5.11 Å². The van der Waals surface area contributed by atoms with Crippen molar-refractivity contribution in [1.29, 1.82) is 0 Å². The minimum atomic E-state index is -3.76. The van der Waals surface area contributed by atoms with Crippen LogP contribution >= 0.6 is 0 Å². The number of hydrogen-bond acceptors (Lipinski definition) is 7. The lowest BCUT2D eigenvalue weighted by Crippen LogP contribution is -2.75. The molecule has 0 radical (unpaired) electrons. The fraction of sp³-hybridized carbons (Fsp3) is 0.667. The summed E-state index contributed by atoms with van der Waals surface area (Å²) in [6, 6.07) is 14.5. The van der Waals surface area contributed by atoms with Gasteiger partial charge in [0.15, 0.2) is 0 Å². The summed E-state index contributed by atoms with van der Waals surface area (Å²) >= 11 is 0. The molecule has 45 heavy (non-hydrogen) atoms. The van der Waals surface area contributed by atoms with E-state index in [-0.39, 0.29) is 18.8 Å². The Labute approximate surface area is 267 Å². The Balaban J connectivity index is 1.91. The molecule has 1 spiro atoms. The molecule has 0 bridgehead atoms. The predicted molar refractivity (Wildman–Crippen MR) is 168 cm³/mol. The van der Waals surface area contributed by atoms with Crippen LogP contribution in [0, 0.1) is 0 Å². The second kappa shape index (κ2) is 16.7. The van der Waals surface area contributed by atoms with Crippen molar-refractivity contribution in [3.05, 3.63) is 71.3 Å². The maximum atomic E-state index is 17.4. The van der Waals surface area contributed by atoms with E-state index >= 15 is 8.78 Å². The fourth-order valence-corrected chi connectivity index (χ4v) is 6.00. The van der Waals surface area contributed by atoms with Gasteiger partial charge in [-0.2, -0.15) is 8.78 Å². The molecule has 1 saturated heterocycles. The van der Waals surface area contributed by atoms with Crippen LogP contribution in [-0.2, 0) is 40.1 Å². The topological polar surface area (TPSA) is 75.6 Å². The first-order valence-electron chi connectivity index (χ1n) is 16.9. The number of hydrogen-bond donors (Lipinski definition) is 1. The standard InChI is InChI=1S/C36H52F2O7/c1-5-9-22-40-26-30-31(41-23-10-6-2)32(42-24-11-7-3)33(43-25-12-8-4)36(44-30)35(37,38)29-21-17-16-20-28(29)34(39,45-36)27-18-14-13-15-19-27/h13-21,30-33,39H,5-12,22-26H2,1-4H3/t30-,31-,32+,33-,34-,36+/m1/s1. The molecule has 9 heteroatoms. The highest BCUT2D eigenvalue weighted by molar-refractivity contribution is 5.45. The van der Waals surface area contributed by atoms with Crippen LogP contribution in [0.4, 0.5) is 8.78 Å². The van der Waals surface area contributed by atoms with Crippen LogP contribution in [0.1, 0.15) is 95.8 Å². The molecular formula is C36H52F2O7. The summed E-state index contributed by atoms with van der Waals surface area (Å²) in [4.78, 5) is 0. The Morgan fingerprint density at radius 2 is 1.22 bits per heavy atom. The summed E-state index contributed by atoms with van der Waals surface area (Å²) in [5.74, 6) is -8.81. The maximum absolute atomic E-state index is 17.4. The van der Waals surface area contributed by atoms with Crippen molar-refractivity contribution in [2.45, 2.75) is 121 Å². The van der Waals surface area contributed by atoms with E-state index in [4.69, 9.17) is 28.4 Å². The second-order valence-corrected chi connectivity index (χ2v) is 12.0. The summed E-state index contributed by atoms with van der Waals surface area (Å²) in [7, 11) is 0. The monoisotopic (exact) mass is 634 g/mol. The van der Waals surface area contributed by atoms with Crippen LogP contribution in [0.25, 0.3) is 0 Å². The number of halogens is 2. The number of alkyl halides is 2. The number of ether oxygens (including phenoxy) is 6. The number of aliphatic hydroxyl groups is 1. The molecule has 2 aromatic carbocycles. The zero-order chi connectivity index (χ0) is 32.3. The summed E-state index contributed by atoms with van der Waals surface area (Å²) < 4.78 is 73.0. The molecule has 0 unspecified atom stereocenters. The molecule has 2 aliphatic heterocycles. The normalized spacial score (nSPS) is 29.1. The second-order valence-electron chi connectivity index (χ2n) is 12.0. The average Bonchev–Trinajstić information content (AvgIpc) is 3.05. The van der Waals surface area contributed by atoms with Crippen LogP contribution in [0.5, 0.6) is 0 Å². The molecular weight excluding hydrogens is 582 g/mol. The van der Waals surface area contributed by atoms with Gasteiger partial charge in [-0.3, -0.25) is 0 Å². The zero-order valence-electron chi connectivity index (χ0n) is 27.4. The van der Waals surface area contributed by atoms with E-state index in [0.29, 0.717) is 31.8 Å². The summed E-state index contributed by atoms with van der Waals surface area (Å²) in [5.41, 5.74) is -0.151. The van der Waals surface area contributed by atoms with Crippen LogP contribution in [0.15, 0.2) is 54.6 Å². The third-order valence-electron chi connectivity index (χ3n) is 8.56. The van der Waals surface area contributed by atoms with E-state index in [0.717, 1.165) is 44.9 Å². The maximum Gasteiger partial charge on any atom is 0.329 e. The van der Waals surface area contributed by atoms with Gasteiger partial charge in [-0.05, 0) is 25.7 Å². The predicted octanol–water partition coefficient (Wildman–Crippen LogP) is 7.47. The molecule has 252 valence electrons. The Hall–Kier alpha value is -1.98. The molecule has 1 N–H and O–H groups in total. The number of fused-ring (bicyclic) bond motifs is 1. The third-order valence-corrected chi connectivity index (χ3v) is 8.56. The third kappa shape index (κ3) is 7.61. The minimum absolute atomic E-state index is 0.0152. The van der Waals surface area contributed by atoms with E-state index < -0.39 is 47.5 Å². The number of unbranched alkanes of at least 4 members (excludes halogenated alkanes) is 4. The van der Waals surface area contributed by atoms with Crippen molar-refractivity contribution < 1.29 is 42.3 Å². The van der Waals surface area contributed by atoms with Gasteiger partial charge in [0, 0.05) is 43.1 Å². The van der Waals surface area contributed by atoms with Gasteiger partial charge in [-0.1, -0.05) is 108 Å². The van der Waals surface area contributed by atoms with E-state index in [2.05, 4.69) is 13.8 Å². The van der Waals surface area contributed by atoms with Gasteiger partial charge in [-0.15, -0.1) is 0 Å². The minimum Gasteiger partial charge on any atom is -0.379 e. The molecule has 6 atom stereocenters. The lowest BCUT2D eigenvalue weighted by molar-refractivity contribution is -0.483. The highest BCUT2D eigenvalue weighted by atomic mass is 19.3. The van der Waals surface area contributed by atoms with Gasteiger partial charge in [0.05, 0.1) is 6.61 Å². The Morgan fingerprint density at radius 3 is 1.84 bits per heavy atom. The van der Waals surface area contributed by atoms with Gasteiger partial charge in [0.25, 0.3) is 5.79 Å². The Kier molecular flexibility index (Phi) is 13.3. The van der Waals surface area contributed by atoms with Crippen molar-refractivity contribution in [3.8, 4) is 0 Å². The Morgan fingerprint density at radius 1 is 0.689 bits per heavy atom. The lowest BCUT2D eigenvalue weighted by Gasteiger charge is -2.58. The van der Waals surface area contributed by atoms with Crippen LogP contribution < -0.4 is 0 Å². The molecule has 2 aliphatic rings. The molecule has 1 fully saturated rings. The first-order chi connectivity index (χ1) is 21.8. The van der Waals surface area contributed by atoms with Gasteiger partial charge in [0.1, 0.15) is 24.4 Å². The highest BCUT2D eigenvalue weighted by Crippen LogP contribution is 2.59. The first kappa shape index (κ1) is 35.9. The van der Waals surface area contributed by atoms with Crippen molar-refractivity contribution in [2.24, 2.45) is 0 Å².